The number of ether oxygens (including phenoxy) is 2. The summed E-state index contributed by atoms with van der Waals surface area (Å²) in [5, 5.41) is 0. The number of aryl methyl sites for hydroxylation is 1. The predicted molar refractivity (Wildman–Crippen MR) is 101 cm³/mol. The van der Waals surface area contributed by atoms with Crippen molar-refractivity contribution >= 4 is 0 Å². The summed E-state index contributed by atoms with van der Waals surface area (Å²) in [5.74, 6) is 3.13. The van der Waals surface area contributed by atoms with E-state index in [0.717, 1.165) is 35.0 Å². The lowest BCUT2D eigenvalue weighted by Gasteiger charge is -2.09. The molecule has 2 rings (SSSR count). The standard InChI is InChI=1S/C22H24O2/c1-5-17(2)9-6-11-19(4)23-21-13-8-14-22(16-21)24-20-12-7-10-18(3)15-20/h6-16H,2,5H2,1,3-4H3/b9-6-,19-11+. The average Bonchev–Trinajstić information content (AvgIpc) is 2.55. The van der Waals surface area contributed by atoms with Gasteiger partial charge in [-0.1, -0.05) is 49.4 Å². The third-order valence-corrected chi connectivity index (χ3v) is 3.43. The summed E-state index contributed by atoms with van der Waals surface area (Å²) in [6.07, 6.45) is 6.82. The lowest BCUT2D eigenvalue weighted by Crippen LogP contribution is -1.91. The second-order valence-electron chi connectivity index (χ2n) is 5.64. The fourth-order valence-corrected chi connectivity index (χ4v) is 2.07. The molecule has 0 fully saturated rings. The van der Waals surface area contributed by atoms with Crippen LogP contribution in [0.5, 0.6) is 17.2 Å². The zero-order valence-corrected chi connectivity index (χ0v) is 14.6. The Morgan fingerprint density at radius 2 is 1.71 bits per heavy atom. The maximum atomic E-state index is 5.88. The molecule has 0 N–H and O–H groups in total. The summed E-state index contributed by atoms with van der Waals surface area (Å²) in [5.41, 5.74) is 2.26. The SMILES string of the molecule is C=C(/C=C\C=C(/C)Oc1cccc(Oc2cccc(C)c2)c1)CC. The smallest absolute Gasteiger partial charge is 0.131 e. The van der Waals surface area contributed by atoms with Crippen molar-refractivity contribution in [3.63, 3.8) is 0 Å². The van der Waals surface area contributed by atoms with Crippen molar-refractivity contribution in [3.05, 3.63) is 90.2 Å². The molecule has 0 aliphatic heterocycles. The highest BCUT2D eigenvalue weighted by Gasteiger charge is 2.01. The van der Waals surface area contributed by atoms with Crippen LogP contribution in [0.1, 0.15) is 25.8 Å². The molecule has 0 heterocycles. The molecule has 0 aliphatic rings. The van der Waals surface area contributed by atoms with Crippen molar-refractivity contribution in [3.8, 4) is 17.2 Å². The van der Waals surface area contributed by atoms with Gasteiger partial charge >= 0.3 is 0 Å². The Labute approximate surface area is 144 Å². The van der Waals surface area contributed by atoms with Gasteiger partial charge in [-0.2, -0.15) is 0 Å². The second kappa shape index (κ2) is 8.78. The van der Waals surface area contributed by atoms with Crippen LogP contribution in [0, 0.1) is 6.92 Å². The van der Waals surface area contributed by atoms with Gasteiger partial charge in [-0.25, -0.2) is 0 Å². The molecule has 2 nitrogen and oxygen atoms in total. The van der Waals surface area contributed by atoms with Crippen molar-refractivity contribution in [2.45, 2.75) is 27.2 Å². The minimum atomic E-state index is 0.747. The lowest BCUT2D eigenvalue weighted by atomic mass is 10.2. The molecule has 24 heavy (non-hydrogen) atoms. The maximum Gasteiger partial charge on any atom is 0.131 e. The van der Waals surface area contributed by atoms with Gasteiger partial charge in [0.25, 0.3) is 0 Å². The number of benzene rings is 2. The number of rotatable bonds is 7. The summed E-state index contributed by atoms with van der Waals surface area (Å²) in [7, 11) is 0. The zero-order chi connectivity index (χ0) is 17.4. The Morgan fingerprint density at radius 1 is 1.04 bits per heavy atom. The topological polar surface area (TPSA) is 18.5 Å². The van der Waals surface area contributed by atoms with E-state index >= 15 is 0 Å². The third-order valence-electron chi connectivity index (χ3n) is 3.43. The highest BCUT2D eigenvalue weighted by molar-refractivity contribution is 5.38. The first-order valence-electron chi connectivity index (χ1n) is 8.12. The van der Waals surface area contributed by atoms with Gasteiger partial charge in [-0.05, 0) is 56.2 Å². The van der Waals surface area contributed by atoms with Crippen LogP contribution in [0.25, 0.3) is 0 Å². The van der Waals surface area contributed by atoms with Crippen molar-refractivity contribution < 1.29 is 9.47 Å². The van der Waals surface area contributed by atoms with E-state index in [1.165, 1.54) is 5.56 Å². The van der Waals surface area contributed by atoms with Gasteiger partial charge in [0.2, 0.25) is 0 Å². The molecule has 124 valence electrons. The van der Waals surface area contributed by atoms with Crippen LogP contribution in [0.15, 0.2) is 84.7 Å². The van der Waals surface area contributed by atoms with E-state index in [4.69, 9.17) is 9.47 Å². The monoisotopic (exact) mass is 320 g/mol. The van der Waals surface area contributed by atoms with E-state index in [1.807, 2.05) is 80.6 Å². The van der Waals surface area contributed by atoms with Crippen molar-refractivity contribution in [2.75, 3.05) is 0 Å². The predicted octanol–water partition coefficient (Wildman–Crippen LogP) is 6.59. The molecule has 0 aromatic heterocycles. The Balaban J connectivity index is 2.03. The minimum Gasteiger partial charge on any atom is -0.462 e. The van der Waals surface area contributed by atoms with Crippen LogP contribution in [0.4, 0.5) is 0 Å². The Kier molecular flexibility index (Phi) is 6.44. The molecule has 0 amide bonds. The number of hydrogen-bond acceptors (Lipinski definition) is 2. The zero-order valence-electron chi connectivity index (χ0n) is 14.6. The van der Waals surface area contributed by atoms with E-state index in [-0.39, 0.29) is 0 Å². The van der Waals surface area contributed by atoms with E-state index in [2.05, 4.69) is 13.5 Å². The van der Waals surface area contributed by atoms with Crippen LogP contribution < -0.4 is 9.47 Å². The van der Waals surface area contributed by atoms with Crippen LogP contribution in [0.2, 0.25) is 0 Å². The average molecular weight is 320 g/mol. The first-order chi connectivity index (χ1) is 11.6. The fourth-order valence-electron chi connectivity index (χ4n) is 2.07. The fraction of sp³-hybridized carbons (Fsp3) is 0.182. The molecule has 0 atom stereocenters. The molecule has 0 aliphatic carbocycles. The molecule has 0 saturated carbocycles. The number of allylic oxidation sites excluding steroid dienone is 5. The first-order valence-corrected chi connectivity index (χ1v) is 8.12. The minimum absolute atomic E-state index is 0.747. The van der Waals surface area contributed by atoms with Crippen molar-refractivity contribution in [1.82, 2.24) is 0 Å². The van der Waals surface area contributed by atoms with Gasteiger partial charge in [0.05, 0.1) is 0 Å². The molecule has 2 heteroatoms. The summed E-state index contributed by atoms with van der Waals surface area (Å²) < 4.78 is 11.7. The van der Waals surface area contributed by atoms with Gasteiger partial charge in [0.15, 0.2) is 0 Å². The van der Waals surface area contributed by atoms with Gasteiger partial charge in [-0.15, -0.1) is 0 Å². The lowest BCUT2D eigenvalue weighted by molar-refractivity contribution is 0.421. The summed E-state index contributed by atoms with van der Waals surface area (Å²) in [4.78, 5) is 0. The largest absolute Gasteiger partial charge is 0.462 e. The number of hydrogen-bond donors (Lipinski definition) is 0. The summed E-state index contributed by atoms with van der Waals surface area (Å²) >= 11 is 0. The van der Waals surface area contributed by atoms with Gasteiger partial charge in [0, 0.05) is 6.07 Å². The highest BCUT2D eigenvalue weighted by Crippen LogP contribution is 2.26. The van der Waals surface area contributed by atoms with E-state index in [9.17, 15) is 0 Å². The molecule has 0 spiro atoms. The van der Waals surface area contributed by atoms with Crippen LogP contribution in [0.3, 0.4) is 0 Å². The maximum absolute atomic E-state index is 5.88. The van der Waals surface area contributed by atoms with Crippen LogP contribution in [-0.2, 0) is 0 Å². The van der Waals surface area contributed by atoms with Crippen molar-refractivity contribution in [2.24, 2.45) is 0 Å². The van der Waals surface area contributed by atoms with Crippen LogP contribution >= 0.6 is 0 Å². The summed E-state index contributed by atoms with van der Waals surface area (Å²) in [6.45, 7) is 9.99. The van der Waals surface area contributed by atoms with E-state index in [1.54, 1.807) is 0 Å². The second-order valence-corrected chi connectivity index (χ2v) is 5.64. The van der Waals surface area contributed by atoms with E-state index in [0.29, 0.717) is 0 Å². The molecule has 0 saturated heterocycles. The highest BCUT2D eigenvalue weighted by atomic mass is 16.5. The Hall–Kier alpha value is -2.74. The molecule has 0 bridgehead atoms. The first kappa shape index (κ1) is 17.6. The third kappa shape index (κ3) is 5.81. The van der Waals surface area contributed by atoms with Gasteiger partial charge in [0.1, 0.15) is 23.0 Å². The summed E-state index contributed by atoms with van der Waals surface area (Å²) in [6, 6.07) is 15.6. The normalized spacial score (nSPS) is 11.5. The van der Waals surface area contributed by atoms with Gasteiger partial charge in [-0.3, -0.25) is 0 Å². The van der Waals surface area contributed by atoms with Crippen LogP contribution in [-0.4, -0.2) is 0 Å². The molecule has 2 aromatic carbocycles. The van der Waals surface area contributed by atoms with E-state index < -0.39 is 0 Å². The molecule has 0 radical (unpaired) electrons. The van der Waals surface area contributed by atoms with Crippen molar-refractivity contribution in [1.29, 1.82) is 0 Å². The molecule has 2 aromatic rings. The molecular weight excluding hydrogens is 296 g/mol. The molecular formula is C22H24O2. The molecule has 0 unspecified atom stereocenters. The quantitative estimate of drug-likeness (QED) is 0.423. The Morgan fingerprint density at radius 3 is 2.42 bits per heavy atom. The van der Waals surface area contributed by atoms with Gasteiger partial charge < -0.3 is 9.47 Å². The Bertz CT molecular complexity index is 754.